The molecule has 0 radical (unpaired) electrons. The van der Waals surface area contributed by atoms with E-state index in [1.54, 1.807) is 43.8 Å². The van der Waals surface area contributed by atoms with Crippen LogP contribution in [0.4, 0.5) is 8.78 Å². The quantitative estimate of drug-likeness (QED) is 0.567. The fourth-order valence-electron chi connectivity index (χ4n) is 2.87. The zero-order chi connectivity index (χ0) is 21.1. The third-order valence-electron chi connectivity index (χ3n) is 4.21. The first-order valence-electron chi connectivity index (χ1n) is 8.59. The summed E-state index contributed by atoms with van der Waals surface area (Å²) in [6.45, 7) is 0. The van der Waals surface area contributed by atoms with Crippen molar-refractivity contribution in [2.45, 2.75) is 5.75 Å². The van der Waals surface area contributed by atoms with Crippen molar-refractivity contribution in [3.63, 3.8) is 0 Å². The molecule has 1 heterocycles. The van der Waals surface area contributed by atoms with E-state index in [-0.39, 0.29) is 17.1 Å². The third kappa shape index (κ3) is 4.78. The van der Waals surface area contributed by atoms with Gasteiger partial charge in [-0.1, -0.05) is 17.2 Å². The molecule has 0 saturated carbocycles. The minimum atomic E-state index is -1.07. The van der Waals surface area contributed by atoms with Crippen LogP contribution in [0.1, 0.15) is 5.56 Å². The zero-order valence-corrected chi connectivity index (χ0v) is 16.9. The van der Waals surface area contributed by atoms with Crippen molar-refractivity contribution in [1.29, 1.82) is 0 Å². The molecule has 3 aromatic rings. The van der Waals surface area contributed by atoms with Crippen LogP contribution in [0, 0.1) is 11.6 Å². The molecule has 29 heavy (non-hydrogen) atoms. The van der Waals surface area contributed by atoms with E-state index in [1.807, 2.05) is 0 Å². The number of aryl methyl sites for hydroxylation is 1. The van der Waals surface area contributed by atoms with Crippen LogP contribution in [0.2, 0.25) is 0 Å². The molecule has 8 heteroatoms. The lowest BCUT2D eigenvalue weighted by Crippen LogP contribution is -2.17. The molecular formula is C21H19F2NO4S. The minimum Gasteiger partial charge on any atom is -0.616 e. The van der Waals surface area contributed by atoms with Crippen molar-refractivity contribution < 1.29 is 22.8 Å². The molecule has 2 aromatic carbocycles. The van der Waals surface area contributed by atoms with Crippen LogP contribution in [0.15, 0.2) is 53.5 Å². The highest BCUT2D eigenvalue weighted by Gasteiger charge is 2.16. The number of hydrogen-bond acceptors (Lipinski definition) is 4. The summed E-state index contributed by atoms with van der Waals surface area (Å²) in [5.74, 6) is -0.945. The summed E-state index contributed by atoms with van der Waals surface area (Å²) in [5, 5.41) is 0. The van der Waals surface area contributed by atoms with E-state index < -0.39 is 22.8 Å². The topological polar surface area (TPSA) is 63.5 Å². The van der Waals surface area contributed by atoms with Crippen molar-refractivity contribution in [3.05, 3.63) is 76.2 Å². The predicted octanol–water partition coefficient (Wildman–Crippen LogP) is 4.01. The summed E-state index contributed by atoms with van der Waals surface area (Å²) < 4.78 is 51.1. The van der Waals surface area contributed by atoms with Gasteiger partial charge in [-0.3, -0.25) is 4.79 Å². The Kier molecular flexibility index (Phi) is 6.24. The SMILES string of the molecule is COc1cc(-c2cc(C[S+](C)[O-])ccc2Oc2ccc(F)cc2F)cn(C)c1=O. The lowest BCUT2D eigenvalue weighted by atomic mass is 10.0. The number of aromatic nitrogens is 1. The molecule has 0 aliphatic carbocycles. The van der Waals surface area contributed by atoms with Gasteiger partial charge < -0.3 is 18.6 Å². The summed E-state index contributed by atoms with van der Waals surface area (Å²) in [6.07, 6.45) is 3.19. The number of hydrogen-bond donors (Lipinski definition) is 0. The number of methoxy groups -OCH3 is 1. The molecule has 0 bridgehead atoms. The number of ether oxygens (including phenoxy) is 2. The van der Waals surface area contributed by atoms with Crippen LogP contribution in [0.5, 0.6) is 17.2 Å². The van der Waals surface area contributed by atoms with Crippen molar-refractivity contribution >= 4 is 11.2 Å². The van der Waals surface area contributed by atoms with E-state index in [4.69, 9.17) is 9.47 Å². The first kappa shape index (κ1) is 20.9. The van der Waals surface area contributed by atoms with Crippen LogP contribution in [-0.4, -0.2) is 22.5 Å². The van der Waals surface area contributed by atoms with E-state index in [0.717, 1.165) is 17.7 Å². The Morgan fingerprint density at radius 3 is 2.45 bits per heavy atom. The van der Waals surface area contributed by atoms with E-state index in [1.165, 1.54) is 17.7 Å². The fourth-order valence-corrected chi connectivity index (χ4v) is 3.52. The summed E-state index contributed by atoms with van der Waals surface area (Å²) in [7, 11) is 2.97. The average molecular weight is 419 g/mol. The van der Waals surface area contributed by atoms with Gasteiger partial charge >= 0.3 is 0 Å². The second kappa shape index (κ2) is 8.67. The molecule has 0 amide bonds. The van der Waals surface area contributed by atoms with Gasteiger partial charge in [-0.25, -0.2) is 8.78 Å². The molecule has 1 aromatic heterocycles. The molecule has 3 rings (SSSR count). The Hall–Kier alpha value is -2.84. The van der Waals surface area contributed by atoms with Gasteiger partial charge in [0.05, 0.1) is 13.4 Å². The first-order valence-corrected chi connectivity index (χ1v) is 10.3. The van der Waals surface area contributed by atoms with Crippen molar-refractivity contribution in [2.75, 3.05) is 13.4 Å². The molecule has 0 spiro atoms. The van der Waals surface area contributed by atoms with Gasteiger partial charge in [0.15, 0.2) is 17.3 Å². The van der Waals surface area contributed by atoms with Crippen molar-refractivity contribution in [2.24, 2.45) is 7.05 Å². The highest BCUT2D eigenvalue weighted by atomic mass is 32.2. The smallest absolute Gasteiger partial charge is 0.292 e. The summed E-state index contributed by atoms with van der Waals surface area (Å²) in [5.41, 5.74) is 1.60. The molecule has 0 saturated heterocycles. The van der Waals surface area contributed by atoms with Gasteiger partial charge in [-0.05, 0) is 30.3 Å². The second-order valence-electron chi connectivity index (χ2n) is 6.44. The number of nitrogens with zero attached hydrogens (tertiary/aromatic N) is 1. The van der Waals surface area contributed by atoms with Crippen molar-refractivity contribution in [3.8, 4) is 28.4 Å². The summed E-state index contributed by atoms with van der Waals surface area (Å²) >= 11 is -1.07. The Balaban J connectivity index is 2.14. The molecule has 0 aliphatic heterocycles. The van der Waals surface area contributed by atoms with Gasteiger partial charge in [0.2, 0.25) is 0 Å². The first-order chi connectivity index (χ1) is 13.8. The molecule has 0 N–H and O–H groups in total. The maximum Gasteiger partial charge on any atom is 0.292 e. The van der Waals surface area contributed by atoms with Gasteiger partial charge in [0.1, 0.15) is 17.3 Å². The van der Waals surface area contributed by atoms with Crippen molar-refractivity contribution in [1.82, 2.24) is 4.57 Å². The lowest BCUT2D eigenvalue weighted by molar-refractivity contribution is 0.405. The monoisotopic (exact) mass is 419 g/mol. The van der Waals surface area contributed by atoms with E-state index >= 15 is 0 Å². The van der Waals surface area contributed by atoms with Gasteiger partial charge in [0.25, 0.3) is 5.56 Å². The van der Waals surface area contributed by atoms with E-state index in [2.05, 4.69) is 0 Å². The predicted molar refractivity (Wildman–Crippen MR) is 108 cm³/mol. The number of rotatable bonds is 6. The van der Waals surface area contributed by atoms with Crippen LogP contribution in [0.25, 0.3) is 11.1 Å². The molecule has 0 aliphatic rings. The third-order valence-corrected chi connectivity index (χ3v) is 4.95. The van der Waals surface area contributed by atoms with Gasteiger partial charge in [-0.2, -0.15) is 0 Å². The highest BCUT2D eigenvalue weighted by Crippen LogP contribution is 2.36. The second-order valence-corrected chi connectivity index (χ2v) is 7.87. The lowest BCUT2D eigenvalue weighted by Gasteiger charge is -2.15. The summed E-state index contributed by atoms with van der Waals surface area (Å²) in [6, 6.07) is 9.69. The molecule has 152 valence electrons. The highest BCUT2D eigenvalue weighted by molar-refractivity contribution is 7.89. The maximum absolute atomic E-state index is 14.1. The minimum absolute atomic E-state index is 0.133. The Morgan fingerprint density at radius 2 is 1.79 bits per heavy atom. The van der Waals surface area contributed by atoms with E-state index in [0.29, 0.717) is 22.6 Å². The zero-order valence-electron chi connectivity index (χ0n) is 16.1. The molecule has 1 unspecified atom stereocenters. The maximum atomic E-state index is 14.1. The Labute approximate surface area is 169 Å². The van der Waals surface area contributed by atoms with E-state index in [9.17, 15) is 18.1 Å². The standard InChI is InChI=1S/C21H19F2NO4S/c1-24-11-14(9-20(27-2)21(24)25)16-8-13(12-29(3)26)4-6-18(16)28-19-7-5-15(22)10-17(19)23/h4-11H,12H2,1-3H3. The molecule has 0 fully saturated rings. The number of benzene rings is 2. The van der Waals surface area contributed by atoms with Gasteiger partial charge in [-0.15, -0.1) is 0 Å². The van der Waals surface area contributed by atoms with Crippen LogP contribution in [0.3, 0.4) is 0 Å². The molecule has 5 nitrogen and oxygen atoms in total. The molecular weight excluding hydrogens is 400 g/mol. The Bertz CT molecular complexity index is 1100. The van der Waals surface area contributed by atoms with Crippen LogP contribution >= 0.6 is 0 Å². The fraction of sp³-hybridized carbons (Fsp3) is 0.190. The number of halogens is 2. The normalized spacial score (nSPS) is 11.9. The largest absolute Gasteiger partial charge is 0.616 e. The number of pyridine rings is 1. The van der Waals surface area contributed by atoms with Crippen LogP contribution < -0.4 is 15.0 Å². The van der Waals surface area contributed by atoms with Gasteiger partial charge in [0, 0.05) is 36.0 Å². The molecule has 1 atom stereocenters. The van der Waals surface area contributed by atoms with Crippen LogP contribution in [-0.2, 0) is 24.0 Å². The Morgan fingerprint density at radius 1 is 1.07 bits per heavy atom. The average Bonchev–Trinajstić information content (AvgIpc) is 2.66. The summed E-state index contributed by atoms with van der Waals surface area (Å²) in [4.78, 5) is 12.1.